The number of rotatable bonds is 16. The Balaban J connectivity index is 0.000000161. The number of esters is 1. The molecule has 0 aliphatic heterocycles. The van der Waals surface area contributed by atoms with Crippen molar-refractivity contribution in [1.29, 1.82) is 0 Å². The molecule has 4 saturated carbocycles. The van der Waals surface area contributed by atoms with Crippen molar-refractivity contribution in [2.45, 2.75) is 116 Å². The summed E-state index contributed by atoms with van der Waals surface area (Å²) < 4.78 is 8.27. The number of aromatic carboxylic acids is 1. The van der Waals surface area contributed by atoms with Crippen LogP contribution in [0.25, 0.3) is 45.1 Å². The summed E-state index contributed by atoms with van der Waals surface area (Å²) in [4.78, 5) is 96.4. The van der Waals surface area contributed by atoms with E-state index in [-0.39, 0.29) is 40.4 Å². The number of benzene rings is 2. The van der Waals surface area contributed by atoms with Crippen molar-refractivity contribution in [3.05, 3.63) is 139 Å². The van der Waals surface area contributed by atoms with Gasteiger partial charge in [0, 0.05) is 37.0 Å². The Hall–Kier alpha value is -8.42. The van der Waals surface area contributed by atoms with E-state index in [0.717, 1.165) is 96.4 Å². The highest BCUT2D eigenvalue weighted by Crippen LogP contribution is 2.45. The van der Waals surface area contributed by atoms with E-state index in [2.05, 4.69) is 64.4 Å². The van der Waals surface area contributed by atoms with Gasteiger partial charge in [-0.1, -0.05) is 24.3 Å². The molecule has 12 rings (SSSR count). The molecule has 4 aliphatic rings. The summed E-state index contributed by atoms with van der Waals surface area (Å²) in [5.41, 5.74) is 9.39. The van der Waals surface area contributed by atoms with Gasteiger partial charge >= 0.3 is 11.9 Å². The van der Waals surface area contributed by atoms with Crippen LogP contribution < -0.4 is 21.8 Å². The molecule has 20 nitrogen and oxygen atoms in total. The monoisotopic (exact) mass is 1010 g/mol. The Morgan fingerprint density at radius 3 is 1.39 bits per heavy atom. The molecule has 0 amide bonds. The number of ether oxygens (including phenoxy) is 1. The number of anilines is 2. The Morgan fingerprint density at radius 2 is 1.01 bits per heavy atom. The molecule has 2 aromatic carbocycles. The van der Waals surface area contributed by atoms with E-state index in [1.165, 1.54) is 7.11 Å². The number of nitrogens with zero attached hydrogens (tertiary/aromatic N) is 12. The van der Waals surface area contributed by atoms with Gasteiger partial charge in [-0.05, 0) is 126 Å². The highest BCUT2D eigenvalue weighted by molar-refractivity contribution is 5.89. The van der Waals surface area contributed by atoms with Crippen LogP contribution in [0.4, 0.5) is 11.6 Å². The molecular weight excluding hydrogens is 953 g/mol. The van der Waals surface area contributed by atoms with E-state index in [9.17, 15) is 19.2 Å². The summed E-state index contributed by atoms with van der Waals surface area (Å²) in [7, 11) is 1.35. The number of carbonyl (C=O) groups excluding carboxylic acids is 1. The number of aryl methyl sites for hydroxylation is 2. The molecule has 4 aliphatic carbocycles. The average Bonchev–Trinajstić information content (AvgIpc) is 4.21. The standard InChI is InChI=1S/C28H29N7O3.C27H27N7O3/c1-15-22(23(19-10-11-19)32-14-31-15)24-30-13-21-26(34-24)35(16(2)18-8-9-18)27(36)25(33-21)29-12-17-4-6-20(7-5-17)28(37)38-3;1-14-21(22(18-9-10-18)31-13-30-14)23-29-12-20-25(33-23)34(15(2)17-7-8-17)26(35)24(32-20)28-11-16-3-5-19(6-4-16)27(36)37/h4-7,13-14,16,18-19H,8-12H2,1-3H3,(H,29,33);3-6,12-13,15,17-18H,7-11H2,1-2H3,(H,28,32)(H,36,37)/t16-;15-/m00/s1. The van der Waals surface area contributed by atoms with Crippen LogP contribution in [0, 0.1) is 25.7 Å². The van der Waals surface area contributed by atoms with Crippen LogP contribution in [0.1, 0.15) is 144 Å². The van der Waals surface area contributed by atoms with Crippen LogP contribution >= 0.6 is 0 Å². The van der Waals surface area contributed by atoms with Crippen molar-refractivity contribution >= 4 is 45.9 Å². The second kappa shape index (κ2) is 20.1. The number of nitrogens with one attached hydrogen (secondary N) is 2. The second-order valence-corrected chi connectivity index (χ2v) is 20.1. The molecule has 0 saturated heterocycles. The van der Waals surface area contributed by atoms with E-state index in [1.807, 2.05) is 26.0 Å². The van der Waals surface area contributed by atoms with Crippen LogP contribution in [-0.4, -0.2) is 83.1 Å². The number of carboxylic acid groups (broad SMARTS) is 1. The number of aromatic nitrogens is 12. The van der Waals surface area contributed by atoms with Crippen molar-refractivity contribution < 1.29 is 19.4 Å². The number of fused-ring (bicyclic) bond motifs is 2. The van der Waals surface area contributed by atoms with Crippen LogP contribution in [0.2, 0.25) is 0 Å². The van der Waals surface area contributed by atoms with Crippen LogP contribution in [0.3, 0.4) is 0 Å². The van der Waals surface area contributed by atoms with Gasteiger partial charge < -0.3 is 20.5 Å². The number of methoxy groups -OCH3 is 1. The lowest BCUT2D eigenvalue weighted by molar-refractivity contribution is 0.0599. The molecule has 6 heterocycles. The molecular formula is C55H56N14O6. The van der Waals surface area contributed by atoms with Crippen LogP contribution in [-0.2, 0) is 17.8 Å². The van der Waals surface area contributed by atoms with Crippen molar-refractivity contribution in [1.82, 2.24) is 59.0 Å². The Kier molecular flexibility index (Phi) is 13.1. The lowest BCUT2D eigenvalue weighted by Gasteiger charge is -2.19. The van der Waals surface area contributed by atoms with Gasteiger partial charge in [0.2, 0.25) is 0 Å². The Bertz CT molecular complexity index is 3640. The smallest absolute Gasteiger partial charge is 0.337 e. The molecule has 0 radical (unpaired) electrons. The van der Waals surface area contributed by atoms with E-state index in [4.69, 9.17) is 19.8 Å². The molecule has 3 N–H and O–H groups in total. The number of carboxylic acids is 1. The summed E-state index contributed by atoms with van der Waals surface area (Å²) in [6, 6.07) is 13.5. The lowest BCUT2D eigenvalue weighted by Crippen LogP contribution is -2.29. The highest BCUT2D eigenvalue weighted by atomic mass is 16.5. The molecule has 0 bridgehead atoms. The fourth-order valence-electron chi connectivity index (χ4n) is 9.69. The fraction of sp³-hybridized carbons (Fsp3) is 0.382. The topological polar surface area (TPSA) is 261 Å². The first-order valence-electron chi connectivity index (χ1n) is 25.5. The van der Waals surface area contributed by atoms with Gasteiger partial charge in [-0.15, -0.1) is 0 Å². The summed E-state index contributed by atoms with van der Waals surface area (Å²) in [5, 5.41) is 15.5. The molecule has 75 heavy (non-hydrogen) atoms. The predicted molar refractivity (Wildman–Crippen MR) is 279 cm³/mol. The maximum absolute atomic E-state index is 13.8. The average molecular weight is 1010 g/mol. The van der Waals surface area contributed by atoms with Crippen molar-refractivity contribution in [2.75, 3.05) is 17.7 Å². The zero-order valence-electron chi connectivity index (χ0n) is 42.3. The molecule has 382 valence electrons. The Labute approximate surface area is 430 Å². The minimum absolute atomic E-state index is 0.0216. The van der Waals surface area contributed by atoms with E-state index >= 15 is 0 Å². The summed E-state index contributed by atoms with van der Waals surface area (Å²) in [5.74, 6) is 1.80. The van der Waals surface area contributed by atoms with Gasteiger partial charge in [0.05, 0.1) is 64.5 Å². The first-order chi connectivity index (χ1) is 36.3. The Morgan fingerprint density at radius 1 is 0.600 bits per heavy atom. The highest BCUT2D eigenvalue weighted by Gasteiger charge is 2.35. The summed E-state index contributed by atoms with van der Waals surface area (Å²) in [6.07, 6.45) is 15.3. The van der Waals surface area contributed by atoms with E-state index in [1.54, 1.807) is 70.6 Å². The first kappa shape index (κ1) is 48.8. The molecule has 4 fully saturated rings. The zero-order chi connectivity index (χ0) is 52.1. The van der Waals surface area contributed by atoms with Crippen LogP contribution in [0.15, 0.2) is 83.2 Å². The first-order valence-corrected chi connectivity index (χ1v) is 25.5. The third kappa shape index (κ3) is 10.2. The van der Waals surface area contributed by atoms with Gasteiger partial charge in [-0.25, -0.2) is 59.4 Å². The maximum Gasteiger partial charge on any atom is 0.337 e. The molecule has 6 aromatic heterocycles. The molecule has 2 atom stereocenters. The minimum Gasteiger partial charge on any atom is -0.478 e. The molecule has 0 unspecified atom stereocenters. The van der Waals surface area contributed by atoms with Crippen molar-refractivity contribution in [2.24, 2.45) is 11.8 Å². The van der Waals surface area contributed by atoms with Gasteiger partial charge in [-0.3, -0.25) is 18.7 Å². The van der Waals surface area contributed by atoms with Crippen LogP contribution in [0.5, 0.6) is 0 Å². The number of hydrogen-bond donors (Lipinski definition) is 3. The molecule has 20 heteroatoms. The zero-order valence-corrected chi connectivity index (χ0v) is 42.3. The van der Waals surface area contributed by atoms with Crippen molar-refractivity contribution in [3.63, 3.8) is 0 Å². The summed E-state index contributed by atoms with van der Waals surface area (Å²) in [6.45, 7) is 8.71. The largest absolute Gasteiger partial charge is 0.478 e. The van der Waals surface area contributed by atoms with Gasteiger partial charge in [0.1, 0.15) is 23.7 Å². The van der Waals surface area contributed by atoms with Gasteiger partial charge in [0.25, 0.3) is 11.1 Å². The lowest BCUT2D eigenvalue weighted by atomic mass is 10.1. The minimum atomic E-state index is -0.978. The second-order valence-electron chi connectivity index (χ2n) is 20.1. The predicted octanol–water partition coefficient (Wildman–Crippen LogP) is 8.31. The number of carbonyl (C=O) groups is 2. The number of hydrogen-bond acceptors (Lipinski definition) is 17. The quantitative estimate of drug-likeness (QED) is 0.0768. The third-order valence-electron chi connectivity index (χ3n) is 14.7. The van der Waals surface area contributed by atoms with Gasteiger partial charge in [0.15, 0.2) is 34.6 Å². The van der Waals surface area contributed by atoms with Crippen molar-refractivity contribution in [3.8, 4) is 22.8 Å². The normalized spacial score (nSPS) is 16.0. The molecule has 8 aromatic rings. The van der Waals surface area contributed by atoms with E-state index < -0.39 is 11.9 Å². The van der Waals surface area contributed by atoms with Gasteiger partial charge in [-0.2, -0.15) is 0 Å². The SMILES string of the molecule is COC(=O)c1ccc(CNc2nc3cnc(-c4c(C)ncnc4C4CC4)nc3n([C@@H](C)C3CC3)c2=O)cc1.Cc1ncnc(C2CC2)c1-c1ncc2nc(NCc3ccc(C(=O)O)cc3)c(=O)n([C@@H](C)C3CC3)c2n1. The van der Waals surface area contributed by atoms with E-state index in [0.29, 0.717) is 76.3 Å². The molecule has 0 spiro atoms. The maximum atomic E-state index is 13.8. The third-order valence-corrected chi connectivity index (χ3v) is 14.7. The summed E-state index contributed by atoms with van der Waals surface area (Å²) >= 11 is 0. The fourth-order valence-corrected chi connectivity index (χ4v) is 9.69.